The summed E-state index contributed by atoms with van der Waals surface area (Å²) in [6, 6.07) is 0. The molecule has 10 nitrogen and oxygen atoms in total. The fraction of sp³-hybridized carbons (Fsp3) is 0.850. The van der Waals surface area contributed by atoms with E-state index in [9.17, 15) is 24.2 Å². The average molecular weight is 747 g/mol. The van der Waals surface area contributed by atoms with Gasteiger partial charge in [0.2, 0.25) is 0 Å². The van der Waals surface area contributed by atoms with Crippen LogP contribution >= 0.6 is 7.82 Å². The molecule has 0 aliphatic rings. The zero-order valence-electron chi connectivity index (χ0n) is 32.3. The molecule has 0 heterocycles. The predicted molar refractivity (Wildman–Crippen MR) is 205 cm³/mol. The van der Waals surface area contributed by atoms with E-state index in [1.165, 1.54) is 109 Å². The van der Waals surface area contributed by atoms with Crippen LogP contribution in [-0.2, 0) is 32.7 Å². The van der Waals surface area contributed by atoms with Crippen molar-refractivity contribution in [1.29, 1.82) is 0 Å². The van der Waals surface area contributed by atoms with Crippen molar-refractivity contribution >= 4 is 19.8 Å². The Hall–Kier alpha value is -1.55. The Morgan fingerprint density at radius 2 is 1.06 bits per heavy atom. The molecule has 0 bridgehead atoms. The lowest BCUT2D eigenvalue weighted by Crippen LogP contribution is -2.29. The maximum atomic E-state index is 12.5. The van der Waals surface area contributed by atoms with Crippen molar-refractivity contribution < 1.29 is 47.8 Å². The molecule has 11 heteroatoms. The van der Waals surface area contributed by atoms with Gasteiger partial charge in [-0.2, -0.15) is 0 Å². The second-order valence-electron chi connectivity index (χ2n) is 13.7. The summed E-state index contributed by atoms with van der Waals surface area (Å²) >= 11 is 0. The van der Waals surface area contributed by atoms with Crippen LogP contribution in [0.2, 0.25) is 0 Å². The first-order valence-corrected chi connectivity index (χ1v) is 21.8. The predicted octanol–water partition coefficient (Wildman–Crippen LogP) is 10.2. The highest BCUT2D eigenvalue weighted by atomic mass is 31.2. The minimum Gasteiger partial charge on any atom is -0.462 e. The molecular formula is C40H75O10P. The van der Waals surface area contributed by atoms with Gasteiger partial charge in [-0.1, -0.05) is 160 Å². The first kappa shape index (κ1) is 49.5. The van der Waals surface area contributed by atoms with Gasteiger partial charge in [0.15, 0.2) is 6.10 Å². The van der Waals surface area contributed by atoms with Crippen LogP contribution in [0.25, 0.3) is 0 Å². The number of unbranched alkanes of at least 4 members (excludes halogenated alkanes) is 20. The van der Waals surface area contributed by atoms with Crippen molar-refractivity contribution in [2.75, 3.05) is 26.4 Å². The Balaban J connectivity index is 4.41. The van der Waals surface area contributed by atoms with Crippen LogP contribution in [0.1, 0.15) is 181 Å². The molecule has 0 aromatic carbocycles. The van der Waals surface area contributed by atoms with Crippen molar-refractivity contribution in [3.63, 3.8) is 0 Å². The van der Waals surface area contributed by atoms with E-state index in [0.717, 1.165) is 32.1 Å². The molecule has 0 radical (unpaired) electrons. The van der Waals surface area contributed by atoms with Gasteiger partial charge in [-0.3, -0.25) is 18.6 Å². The van der Waals surface area contributed by atoms with Crippen molar-refractivity contribution in [2.24, 2.45) is 0 Å². The Labute approximate surface area is 310 Å². The van der Waals surface area contributed by atoms with E-state index >= 15 is 0 Å². The summed E-state index contributed by atoms with van der Waals surface area (Å²) in [6.07, 6.45) is 34.5. The number of carbonyl (C=O) groups is 2. The molecule has 0 amide bonds. The van der Waals surface area contributed by atoms with Gasteiger partial charge in [-0.15, -0.1) is 0 Å². The van der Waals surface area contributed by atoms with Crippen LogP contribution in [0.3, 0.4) is 0 Å². The number of ether oxygens (including phenoxy) is 2. The number of rotatable bonds is 38. The van der Waals surface area contributed by atoms with Gasteiger partial charge < -0.3 is 24.6 Å². The number of allylic oxidation sites excluding steroid dienone is 4. The summed E-state index contributed by atoms with van der Waals surface area (Å²) in [5.74, 6) is -0.998. The van der Waals surface area contributed by atoms with E-state index in [2.05, 4.69) is 30.5 Å². The highest BCUT2D eigenvalue weighted by Crippen LogP contribution is 2.43. The zero-order chi connectivity index (χ0) is 37.7. The van der Waals surface area contributed by atoms with Crippen LogP contribution in [0.15, 0.2) is 24.3 Å². The Morgan fingerprint density at radius 3 is 1.59 bits per heavy atom. The lowest BCUT2D eigenvalue weighted by atomic mass is 10.0. The van der Waals surface area contributed by atoms with Gasteiger partial charge in [-0.25, -0.2) is 4.57 Å². The van der Waals surface area contributed by atoms with E-state index in [0.29, 0.717) is 12.8 Å². The number of esters is 2. The molecule has 0 fully saturated rings. The molecular weight excluding hydrogens is 671 g/mol. The van der Waals surface area contributed by atoms with Crippen LogP contribution in [0.4, 0.5) is 0 Å². The van der Waals surface area contributed by atoms with Crippen LogP contribution in [0.5, 0.6) is 0 Å². The smallest absolute Gasteiger partial charge is 0.462 e. The van der Waals surface area contributed by atoms with E-state index in [4.69, 9.17) is 19.1 Å². The largest absolute Gasteiger partial charge is 0.472 e. The molecule has 3 unspecified atom stereocenters. The van der Waals surface area contributed by atoms with Gasteiger partial charge >= 0.3 is 19.8 Å². The third-order valence-corrected chi connectivity index (χ3v) is 9.57. The lowest BCUT2D eigenvalue weighted by Gasteiger charge is -2.20. The minimum absolute atomic E-state index is 0.0812. The van der Waals surface area contributed by atoms with Crippen LogP contribution in [-0.4, -0.2) is 65.7 Å². The minimum atomic E-state index is -4.62. The fourth-order valence-electron chi connectivity index (χ4n) is 5.46. The van der Waals surface area contributed by atoms with E-state index in [1.54, 1.807) is 0 Å². The Morgan fingerprint density at radius 1 is 0.588 bits per heavy atom. The molecule has 0 aliphatic heterocycles. The molecule has 3 N–H and O–H groups in total. The SMILES string of the molecule is CCCCCCCCCC/C=C\C/C=C\CCC(=O)OC(COC(=O)CCCCCCCCCCCCCCC)COP(=O)(O)OCC(O)CO. The molecule has 0 saturated carbocycles. The summed E-state index contributed by atoms with van der Waals surface area (Å²) in [5, 5.41) is 18.3. The summed E-state index contributed by atoms with van der Waals surface area (Å²) in [4.78, 5) is 34.8. The number of aliphatic hydroxyl groups is 2. The molecule has 0 aliphatic carbocycles. The number of carbonyl (C=O) groups excluding carboxylic acids is 2. The van der Waals surface area contributed by atoms with E-state index in [1.807, 2.05) is 12.2 Å². The van der Waals surface area contributed by atoms with Crippen molar-refractivity contribution in [3.8, 4) is 0 Å². The van der Waals surface area contributed by atoms with E-state index in [-0.39, 0.29) is 19.4 Å². The first-order valence-electron chi connectivity index (χ1n) is 20.3. The topological polar surface area (TPSA) is 149 Å². The summed E-state index contributed by atoms with van der Waals surface area (Å²) in [5.41, 5.74) is 0. The van der Waals surface area contributed by atoms with E-state index < -0.39 is 51.8 Å². The fourth-order valence-corrected chi connectivity index (χ4v) is 6.25. The normalized spacial score (nSPS) is 14.2. The number of hydrogen-bond donors (Lipinski definition) is 3. The molecule has 0 saturated heterocycles. The Bertz CT molecular complexity index is 910. The molecule has 3 atom stereocenters. The van der Waals surface area contributed by atoms with Crippen molar-refractivity contribution in [1.82, 2.24) is 0 Å². The molecule has 0 aromatic heterocycles. The highest BCUT2D eigenvalue weighted by Gasteiger charge is 2.27. The number of phosphoric acid groups is 1. The van der Waals surface area contributed by atoms with Gasteiger partial charge in [-0.05, 0) is 32.1 Å². The third-order valence-electron chi connectivity index (χ3n) is 8.62. The van der Waals surface area contributed by atoms with Crippen LogP contribution in [0, 0.1) is 0 Å². The maximum Gasteiger partial charge on any atom is 0.472 e. The van der Waals surface area contributed by atoms with Crippen molar-refractivity contribution in [2.45, 2.75) is 193 Å². The highest BCUT2D eigenvalue weighted by molar-refractivity contribution is 7.47. The first-order chi connectivity index (χ1) is 24.7. The standard InChI is InChI=1S/C40H75O10P/c1-3-5-7-9-11-13-15-17-18-20-22-24-26-28-30-32-40(44)50-38(36-49-51(45,46)48-34-37(42)33-41)35-47-39(43)31-29-27-25-23-21-19-16-14-12-10-8-6-4-2/h20,22,26,28,37-38,41-42H,3-19,21,23-25,27,29-36H2,1-2H3,(H,45,46)/b22-20-,28-26-. The maximum absolute atomic E-state index is 12.5. The number of hydrogen-bond acceptors (Lipinski definition) is 9. The monoisotopic (exact) mass is 747 g/mol. The lowest BCUT2D eigenvalue weighted by molar-refractivity contribution is -0.161. The van der Waals surface area contributed by atoms with Gasteiger partial charge in [0.1, 0.15) is 12.7 Å². The molecule has 300 valence electrons. The number of aliphatic hydroxyl groups excluding tert-OH is 2. The molecule has 0 spiro atoms. The van der Waals surface area contributed by atoms with Gasteiger partial charge in [0.25, 0.3) is 0 Å². The summed E-state index contributed by atoms with van der Waals surface area (Å²) in [7, 11) is -4.62. The second kappa shape index (κ2) is 36.8. The second-order valence-corrected chi connectivity index (χ2v) is 15.1. The average Bonchev–Trinajstić information content (AvgIpc) is 3.12. The Kier molecular flexibility index (Phi) is 35.7. The third kappa shape index (κ3) is 36.6. The summed E-state index contributed by atoms with van der Waals surface area (Å²) in [6.45, 7) is 2.31. The molecule has 51 heavy (non-hydrogen) atoms. The van der Waals surface area contributed by atoms with Gasteiger partial charge in [0, 0.05) is 12.8 Å². The van der Waals surface area contributed by atoms with Crippen molar-refractivity contribution in [3.05, 3.63) is 24.3 Å². The van der Waals surface area contributed by atoms with Crippen LogP contribution < -0.4 is 0 Å². The zero-order valence-corrected chi connectivity index (χ0v) is 33.2. The quantitative estimate of drug-likeness (QED) is 0.0241. The molecule has 0 rings (SSSR count). The number of phosphoric ester groups is 1. The van der Waals surface area contributed by atoms with Gasteiger partial charge in [0.05, 0.1) is 19.8 Å². The molecule has 0 aromatic rings. The summed E-state index contributed by atoms with van der Waals surface area (Å²) < 4.78 is 32.5.